The molecule has 2 aliphatic heterocycles. The van der Waals surface area contributed by atoms with E-state index < -0.39 is 23.3 Å². The second kappa shape index (κ2) is 3.53. The van der Waals surface area contributed by atoms with Gasteiger partial charge in [-0.3, -0.25) is 9.59 Å². The number of rotatable bonds is 5. The zero-order valence-electron chi connectivity index (χ0n) is 9.58. The molecule has 0 bridgehead atoms. The highest BCUT2D eigenvalue weighted by molar-refractivity contribution is 6.15. The van der Waals surface area contributed by atoms with E-state index in [1.54, 1.807) is 0 Å². The van der Waals surface area contributed by atoms with Crippen LogP contribution in [0.5, 0.6) is 0 Å². The molecular formula is C11H17NO4. The second-order valence-corrected chi connectivity index (χ2v) is 4.72. The van der Waals surface area contributed by atoms with Crippen LogP contribution < -0.4 is 5.32 Å². The van der Waals surface area contributed by atoms with Crippen LogP contribution in [0.4, 0.5) is 0 Å². The summed E-state index contributed by atoms with van der Waals surface area (Å²) >= 11 is 0. The zero-order valence-corrected chi connectivity index (χ0v) is 9.58. The van der Waals surface area contributed by atoms with E-state index in [1.807, 2.05) is 6.92 Å². The Morgan fingerprint density at radius 2 is 2.25 bits per heavy atom. The standard InChI is InChI=1S/C11H17NO4/c1-3-4-5-6-7(13)11-8(16-11)10(2,15)12-9(11)14/h8,15H,3-6H2,1-2H3,(H,12,14)/t8-,10?,11-/m0/s1. The first-order valence-corrected chi connectivity index (χ1v) is 5.71. The zero-order chi connectivity index (χ0) is 12.0. The van der Waals surface area contributed by atoms with Gasteiger partial charge < -0.3 is 15.2 Å². The maximum Gasteiger partial charge on any atom is 0.265 e. The lowest BCUT2D eigenvalue weighted by Crippen LogP contribution is -2.45. The minimum Gasteiger partial charge on any atom is -0.368 e. The van der Waals surface area contributed by atoms with Crippen LogP contribution in [0.2, 0.25) is 0 Å². The highest BCUT2D eigenvalue weighted by Crippen LogP contribution is 2.49. The first-order valence-electron chi connectivity index (χ1n) is 5.71. The molecule has 1 unspecified atom stereocenters. The van der Waals surface area contributed by atoms with Crippen LogP contribution in [0.25, 0.3) is 0 Å². The molecule has 5 nitrogen and oxygen atoms in total. The summed E-state index contributed by atoms with van der Waals surface area (Å²) in [5.74, 6) is -0.703. The summed E-state index contributed by atoms with van der Waals surface area (Å²) in [6.45, 7) is 3.50. The first-order chi connectivity index (χ1) is 7.45. The van der Waals surface area contributed by atoms with Crippen molar-refractivity contribution in [3.05, 3.63) is 0 Å². The first kappa shape index (κ1) is 11.5. The fraction of sp³-hybridized carbons (Fsp3) is 0.818. The Labute approximate surface area is 94.2 Å². The molecular weight excluding hydrogens is 210 g/mol. The molecule has 0 radical (unpaired) electrons. The minimum atomic E-state index is -1.41. The number of nitrogens with one attached hydrogen (secondary N) is 1. The average Bonchev–Trinajstić information content (AvgIpc) is 2.89. The third-order valence-electron chi connectivity index (χ3n) is 3.25. The molecule has 90 valence electrons. The molecule has 0 aromatic heterocycles. The second-order valence-electron chi connectivity index (χ2n) is 4.72. The van der Waals surface area contributed by atoms with Crippen molar-refractivity contribution in [1.29, 1.82) is 0 Å². The molecule has 2 heterocycles. The molecule has 3 atom stereocenters. The van der Waals surface area contributed by atoms with Crippen LogP contribution in [0.3, 0.4) is 0 Å². The molecule has 16 heavy (non-hydrogen) atoms. The van der Waals surface area contributed by atoms with E-state index in [2.05, 4.69) is 5.32 Å². The smallest absolute Gasteiger partial charge is 0.265 e. The van der Waals surface area contributed by atoms with E-state index in [0.29, 0.717) is 6.42 Å². The number of ketones is 1. The Kier molecular flexibility index (Phi) is 2.55. The number of unbranched alkanes of at least 4 members (excludes halogenated alkanes) is 2. The van der Waals surface area contributed by atoms with Crippen molar-refractivity contribution in [2.45, 2.75) is 57.0 Å². The van der Waals surface area contributed by atoms with Gasteiger partial charge in [0.05, 0.1) is 0 Å². The van der Waals surface area contributed by atoms with Crippen molar-refractivity contribution >= 4 is 11.7 Å². The Morgan fingerprint density at radius 1 is 1.56 bits per heavy atom. The number of epoxide rings is 1. The summed E-state index contributed by atoms with van der Waals surface area (Å²) in [6.07, 6.45) is 2.39. The number of hydrogen-bond donors (Lipinski definition) is 2. The molecule has 2 fully saturated rings. The molecule has 0 aromatic rings. The fourth-order valence-corrected chi connectivity index (χ4v) is 2.28. The summed E-state index contributed by atoms with van der Waals surface area (Å²) < 4.78 is 5.15. The van der Waals surface area contributed by atoms with Crippen molar-refractivity contribution in [3.8, 4) is 0 Å². The molecule has 2 N–H and O–H groups in total. The number of ether oxygens (including phenoxy) is 1. The van der Waals surface area contributed by atoms with Crippen LogP contribution in [-0.2, 0) is 14.3 Å². The highest BCUT2D eigenvalue weighted by Gasteiger charge is 2.78. The molecule has 1 amide bonds. The fourth-order valence-electron chi connectivity index (χ4n) is 2.28. The summed E-state index contributed by atoms with van der Waals surface area (Å²) in [4.78, 5) is 23.5. The van der Waals surface area contributed by atoms with Crippen molar-refractivity contribution in [3.63, 3.8) is 0 Å². The Bertz CT molecular complexity index is 339. The van der Waals surface area contributed by atoms with Crippen molar-refractivity contribution < 1.29 is 19.4 Å². The summed E-state index contributed by atoms with van der Waals surface area (Å²) in [5.41, 5.74) is -2.78. The number of carbonyl (C=O) groups excluding carboxylic acids is 2. The van der Waals surface area contributed by atoms with E-state index in [9.17, 15) is 14.7 Å². The van der Waals surface area contributed by atoms with Gasteiger partial charge in [-0.15, -0.1) is 0 Å². The van der Waals surface area contributed by atoms with Crippen molar-refractivity contribution in [2.24, 2.45) is 0 Å². The molecule has 5 heteroatoms. The van der Waals surface area contributed by atoms with E-state index in [4.69, 9.17) is 4.74 Å². The number of Topliss-reactive ketones (excluding diaryl/α,β-unsaturated/α-hetero) is 1. The third-order valence-corrected chi connectivity index (χ3v) is 3.25. The van der Waals surface area contributed by atoms with E-state index >= 15 is 0 Å². The SMILES string of the molecule is CCCCCC(=O)[C@]12O[C@H]1C(C)(O)NC2=O. The van der Waals surface area contributed by atoms with E-state index in [-0.39, 0.29) is 5.78 Å². The minimum absolute atomic E-state index is 0.207. The van der Waals surface area contributed by atoms with Crippen LogP contribution in [0.1, 0.15) is 39.5 Å². The number of fused-ring (bicyclic) bond motifs is 1. The highest BCUT2D eigenvalue weighted by atomic mass is 16.6. The Morgan fingerprint density at radius 3 is 2.69 bits per heavy atom. The lowest BCUT2D eigenvalue weighted by molar-refractivity contribution is -0.138. The van der Waals surface area contributed by atoms with E-state index in [0.717, 1.165) is 19.3 Å². The molecule has 0 aliphatic carbocycles. The predicted octanol–water partition coefficient (Wildman–Crippen LogP) is 0.112. The maximum absolute atomic E-state index is 11.9. The maximum atomic E-state index is 11.9. The van der Waals surface area contributed by atoms with Gasteiger partial charge in [0.2, 0.25) is 5.60 Å². The van der Waals surface area contributed by atoms with Gasteiger partial charge in [0.1, 0.15) is 0 Å². The topological polar surface area (TPSA) is 78.9 Å². The molecule has 2 aliphatic rings. The van der Waals surface area contributed by atoms with Gasteiger partial charge in [-0.2, -0.15) is 0 Å². The normalized spacial score (nSPS) is 40.4. The lowest BCUT2D eigenvalue weighted by Gasteiger charge is -2.16. The third kappa shape index (κ3) is 1.46. The van der Waals surface area contributed by atoms with Gasteiger partial charge in [-0.25, -0.2) is 0 Å². The van der Waals surface area contributed by atoms with Gasteiger partial charge in [0.25, 0.3) is 5.91 Å². The Balaban J connectivity index is 2.01. The monoisotopic (exact) mass is 227 g/mol. The average molecular weight is 227 g/mol. The van der Waals surface area contributed by atoms with Gasteiger partial charge in [-0.1, -0.05) is 19.8 Å². The molecule has 2 rings (SSSR count). The van der Waals surface area contributed by atoms with Gasteiger partial charge >= 0.3 is 0 Å². The van der Waals surface area contributed by atoms with Crippen LogP contribution >= 0.6 is 0 Å². The van der Waals surface area contributed by atoms with Crippen molar-refractivity contribution in [2.75, 3.05) is 0 Å². The predicted molar refractivity (Wildman–Crippen MR) is 55.5 cm³/mol. The molecule has 0 saturated carbocycles. The summed E-state index contributed by atoms with van der Waals surface area (Å²) in [5, 5.41) is 12.1. The molecule has 0 aromatic carbocycles. The number of amides is 1. The van der Waals surface area contributed by atoms with E-state index in [1.165, 1.54) is 6.92 Å². The van der Waals surface area contributed by atoms with Crippen LogP contribution in [-0.4, -0.2) is 34.2 Å². The number of carbonyl (C=O) groups is 2. The quantitative estimate of drug-likeness (QED) is 0.397. The largest absolute Gasteiger partial charge is 0.368 e. The molecule has 0 spiro atoms. The van der Waals surface area contributed by atoms with Gasteiger partial charge in [0, 0.05) is 6.42 Å². The Hall–Kier alpha value is -0.940. The van der Waals surface area contributed by atoms with Gasteiger partial charge in [0.15, 0.2) is 17.6 Å². The lowest BCUT2D eigenvalue weighted by atomic mass is 9.95. The van der Waals surface area contributed by atoms with Crippen molar-refractivity contribution in [1.82, 2.24) is 5.32 Å². The van der Waals surface area contributed by atoms with Gasteiger partial charge in [-0.05, 0) is 13.3 Å². The number of morpholine rings is 1. The number of aliphatic hydroxyl groups is 1. The molecule has 2 saturated heterocycles. The van der Waals surface area contributed by atoms with Crippen LogP contribution in [0.15, 0.2) is 0 Å². The summed E-state index contributed by atoms with van der Waals surface area (Å²) in [6, 6.07) is 0. The number of hydrogen-bond acceptors (Lipinski definition) is 4. The van der Waals surface area contributed by atoms with Crippen LogP contribution in [0, 0.1) is 0 Å². The summed E-state index contributed by atoms with van der Waals surface area (Å²) in [7, 11) is 0.